The average Bonchev–Trinajstić information content (AvgIpc) is 2.74. The second kappa shape index (κ2) is 9.85. The van der Waals surface area contributed by atoms with Gasteiger partial charge >= 0.3 is 0 Å². The Morgan fingerprint density at radius 2 is 1.79 bits per heavy atom. The first-order valence-electron chi connectivity index (χ1n) is 9.67. The molecule has 0 unspecified atom stereocenters. The van der Waals surface area contributed by atoms with Crippen molar-refractivity contribution >= 4 is 11.8 Å². The highest BCUT2D eigenvalue weighted by Gasteiger charge is 2.24. The van der Waals surface area contributed by atoms with E-state index in [2.05, 4.69) is 10.3 Å². The van der Waals surface area contributed by atoms with E-state index < -0.39 is 0 Å². The molecule has 2 aromatic rings. The van der Waals surface area contributed by atoms with Crippen LogP contribution >= 0.6 is 0 Å². The number of hydrogen-bond acceptors (Lipinski definition) is 4. The average molecular weight is 383 g/mol. The van der Waals surface area contributed by atoms with E-state index in [0.29, 0.717) is 25.3 Å². The van der Waals surface area contributed by atoms with Crippen LogP contribution in [-0.4, -0.2) is 61.0 Å². The predicted molar refractivity (Wildman–Crippen MR) is 105 cm³/mol. The van der Waals surface area contributed by atoms with Crippen LogP contribution in [0, 0.1) is 0 Å². The molecule has 1 aromatic carbocycles. The van der Waals surface area contributed by atoms with E-state index in [1.54, 1.807) is 24.3 Å². The van der Waals surface area contributed by atoms with Crippen molar-refractivity contribution in [1.82, 2.24) is 15.2 Å². The van der Waals surface area contributed by atoms with Crippen LogP contribution in [0.25, 0.3) is 0 Å². The minimum Gasteiger partial charge on any atom is -0.494 e. The molecule has 2 N–H and O–H groups in total. The van der Waals surface area contributed by atoms with Gasteiger partial charge in [-0.05, 0) is 43.3 Å². The normalized spacial score (nSPS) is 14.5. The van der Waals surface area contributed by atoms with Crippen molar-refractivity contribution in [3.8, 4) is 5.75 Å². The number of nitrogens with zero attached hydrogens (tertiary/aromatic N) is 2. The second-order valence-corrected chi connectivity index (χ2v) is 6.80. The highest BCUT2D eigenvalue weighted by Crippen LogP contribution is 2.11. The van der Waals surface area contributed by atoms with Crippen molar-refractivity contribution in [1.29, 1.82) is 0 Å². The number of nitrogens with one attached hydrogen (secondary N) is 2. The van der Waals surface area contributed by atoms with Gasteiger partial charge in [0, 0.05) is 23.5 Å². The van der Waals surface area contributed by atoms with Gasteiger partial charge in [-0.25, -0.2) is 0 Å². The standard InChI is InChI=1S/C21H26N4O3/c1-2-28-19-5-3-18(4-6-19)21(27)23-15-20(26)25-13-11-24(12-14-25)16-17-7-9-22-10-8-17/h3-10H,2,11-16H2,1H3,(H,23,27)/p+1. The predicted octanol–water partition coefficient (Wildman–Crippen LogP) is 0.137. The summed E-state index contributed by atoms with van der Waals surface area (Å²) in [6, 6.07) is 11.0. The van der Waals surface area contributed by atoms with Gasteiger partial charge in [-0.1, -0.05) is 0 Å². The molecular formula is C21H27N4O3+. The molecule has 7 nitrogen and oxygen atoms in total. The van der Waals surface area contributed by atoms with Gasteiger partial charge in [0.05, 0.1) is 39.3 Å². The molecule has 148 valence electrons. The molecule has 28 heavy (non-hydrogen) atoms. The Morgan fingerprint density at radius 3 is 2.43 bits per heavy atom. The number of ether oxygens (including phenoxy) is 1. The molecule has 1 saturated heterocycles. The third-order valence-corrected chi connectivity index (χ3v) is 4.85. The van der Waals surface area contributed by atoms with Crippen LogP contribution in [0.4, 0.5) is 0 Å². The Balaban J connectivity index is 1.41. The second-order valence-electron chi connectivity index (χ2n) is 6.80. The fourth-order valence-corrected chi connectivity index (χ4v) is 3.28. The van der Waals surface area contributed by atoms with E-state index in [1.807, 2.05) is 36.4 Å². The van der Waals surface area contributed by atoms with Gasteiger partial charge in [0.15, 0.2) is 0 Å². The first kappa shape index (κ1) is 19.8. The lowest BCUT2D eigenvalue weighted by Gasteiger charge is -2.32. The van der Waals surface area contributed by atoms with Crippen molar-refractivity contribution in [2.45, 2.75) is 13.5 Å². The molecule has 1 aliphatic rings. The van der Waals surface area contributed by atoms with Gasteiger partial charge in [-0.15, -0.1) is 0 Å². The van der Waals surface area contributed by atoms with E-state index in [4.69, 9.17) is 4.74 Å². The topological polar surface area (TPSA) is 76.0 Å². The fourth-order valence-electron chi connectivity index (χ4n) is 3.28. The maximum atomic E-state index is 12.4. The number of rotatable bonds is 7. The van der Waals surface area contributed by atoms with Gasteiger partial charge in [0.25, 0.3) is 5.91 Å². The first-order chi connectivity index (χ1) is 13.7. The summed E-state index contributed by atoms with van der Waals surface area (Å²) in [7, 11) is 0. The number of pyridine rings is 1. The molecule has 3 rings (SSSR count). The Bertz CT molecular complexity index is 772. The van der Waals surface area contributed by atoms with Crippen LogP contribution in [-0.2, 0) is 11.3 Å². The number of piperazine rings is 1. The zero-order valence-electron chi connectivity index (χ0n) is 16.2. The molecule has 7 heteroatoms. The first-order valence-corrected chi connectivity index (χ1v) is 9.67. The summed E-state index contributed by atoms with van der Waals surface area (Å²) in [6.45, 7) is 6.67. The largest absolute Gasteiger partial charge is 0.494 e. The van der Waals surface area contributed by atoms with Crippen LogP contribution in [0.1, 0.15) is 22.8 Å². The summed E-state index contributed by atoms with van der Waals surface area (Å²) in [6.07, 6.45) is 3.61. The fraction of sp³-hybridized carbons (Fsp3) is 0.381. The quantitative estimate of drug-likeness (QED) is 0.713. The molecule has 1 aliphatic heterocycles. The molecule has 0 saturated carbocycles. The van der Waals surface area contributed by atoms with E-state index in [9.17, 15) is 9.59 Å². The number of amides is 2. The van der Waals surface area contributed by atoms with Crippen molar-refractivity contribution < 1.29 is 19.2 Å². The zero-order valence-corrected chi connectivity index (χ0v) is 16.2. The van der Waals surface area contributed by atoms with Gasteiger partial charge in [-0.2, -0.15) is 0 Å². The highest BCUT2D eigenvalue weighted by atomic mass is 16.5. The third kappa shape index (κ3) is 5.53. The molecule has 2 amide bonds. The Labute approximate surface area is 165 Å². The molecule has 1 aromatic heterocycles. The summed E-state index contributed by atoms with van der Waals surface area (Å²) in [5.41, 5.74) is 1.77. The van der Waals surface area contributed by atoms with Gasteiger partial charge < -0.3 is 19.9 Å². The molecule has 0 bridgehead atoms. The number of quaternary nitrogens is 1. The lowest BCUT2D eigenvalue weighted by Crippen LogP contribution is -3.13. The van der Waals surface area contributed by atoms with E-state index in [-0.39, 0.29) is 18.4 Å². The van der Waals surface area contributed by atoms with Crippen molar-refractivity contribution in [2.24, 2.45) is 0 Å². The summed E-state index contributed by atoms with van der Waals surface area (Å²) in [4.78, 5) is 32.0. The third-order valence-electron chi connectivity index (χ3n) is 4.85. The van der Waals surface area contributed by atoms with Crippen LogP contribution < -0.4 is 15.0 Å². The lowest BCUT2D eigenvalue weighted by molar-refractivity contribution is -0.917. The summed E-state index contributed by atoms with van der Waals surface area (Å²) in [5, 5.41) is 2.71. The van der Waals surface area contributed by atoms with Crippen LogP contribution in [0.2, 0.25) is 0 Å². The minimum absolute atomic E-state index is 0.0196. The van der Waals surface area contributed by atoms with Crippen molar-refractivity contribution in [2.75, 3.05) is 39.3 Å². The number of aromatic nitrogens is 1. The molecule has 2 heterocycles. The number of benzene rings is 1. The van der Waals surface area contributed by atoms with E-state index >= 15 is 0 Å². The van der Waals surface area contributed by atoms with E-state index in [1.165, 1.54) is 10.5 Å². The molecule has 0 radical (unpaired) electrons. The summed E-state index contributed by atoms with van der Waals surface area (Å²) in [5.74, 6) is 0.433. The monoisotopic (exact) mass is 383 g/mol. The van der Waals surface area contributed by atoms with Crippen molar-refractivity contribution in [3.05, 3.63) is 59.9 Å². The van der Waals surface area contributed by atoms with Crippen LogP contribution in [0.5, 0.6) is 5.75 Å². The Kier molecular flexibility index (Phi) is 6.97. The molecule has 0 atom stereocenters. The SMILES string of the molecule is CCOc1ccc(C(=O)NCC(=O)N2CC[NH+](Cc3ccncc3)CC2)cc1. The highest BCUT2D eigenvalue weighted by molar-refractivity contribution is 5.96. The maximum Gasteiger partial charge on any atom is 0.251 e. The number of carbonyl (C=O) groups excluding carboxylic acids is 2. The Hall–Kier alpha value is -2.93. The molecule has 0 spiro atoms. The number of carbonyl (C=O) groups is 2. The molecule has 1 fully saturated rings. The Morgan fingerprint density at radius 1 is 1.11 bits per heavy atom. The van der Waals surface area contributed by atoms with Gasteiger partial charge in [0.2, 0.25) is 5.91 Å². The van der Waals surface area contributed by atoms with Crippen molar-refractivity contribution in [3.63, 3.8) is 0 Å². The zero-order chi connectivity index (χ0) is 19.8. The maximum absolute atomic E-state index is 12.4. The minimum atomic E-state index is -0.252. The lowest BCUT2D eigenvalue weighted by atomic mass is 10.2. The molecular weight excluding hydrogens is 356 g/mol. The van der Waals surface area contributed by atoms with Gasteiger partial charge in [0.1, 0.15) is 12.3 Å². The number of hydrogen-bond donors (Lipinski definition) is 2. The van der Waals surface area contributed by atoms with E-state index in [0.717, 1.165) is 25.4 Å². The smallest absolute Gasteiger partial charge is 0.251 e. The summed E-state index contributed by atoms with van der Waals surface area (Å²) < 4.78 is 5.37. The van der Waals surface area contributed by atoms with Crippen LogP contribution in [0.15, 0.2) is 48.8 Å². The molecule has 0 aliphatic carbocycles. The van der Waals surface area contributed by atoms with Crippen LogP contribution in [0.3, 0.4) is 0 Å². The van der Waals surface area contributed by atoms with Gasteiger partial charge in [-0.3, -0.25) is 14.6 Å². The summed E-state index contributed by atoms with van der Waals surface area (Å²) >= 11 is 0.